The van der Waals surface area contributed by atoms with Gasteiger partial charge in [0.15, 0.2) is 0 Å². The highest BCUT2D eigenvalue weighted by atomic mass is 16.5. The minimum absolute atomic E-state index is 0.123. The summed E-state index contributed by atoms with van der Waals surface area (Å²) in [6, 6.07) is 16.7. The van der Waals surface area contributed by atoms with Crippen molar-refractivity contribution in [3.8, 4) is 5.75 Å². The van der Waals surface area contributed by atoms with Gasteiger partial charge in [-0.2, -0.15) is 0 Å². The van der Waals surface area contributed by atoms with E-state index in [4.69, 9.17) is 4.74 Å². The molecule has 0 bridgehead atoms. The first-order valence-corrected chi connectivity index (χ1v) is 8.49. The number of fused-ring (bicyclic) bond motifs is 2. The zero-order valence-corrected chi connectivity index (χ0v) is 13.9. The molecule has 0 aromatic heterocycles. The molecule has 124 valence electrons. The first kappa shape index (κ1) is 15.2. The van der Waals surface area contributed by atoms with Crippen molar-refractivity contribution >= 4 is 5.91 Å². The fourth-order valence-electron chi connectivity index (χ4n) is 3.90. The van der Waals surface area contributed by atoms with E-state index in [1.54, 1.807) is 7.11 Å². The van der Waals surface area contributed by atoms with Crippen molar-refractivity contribution in [3.05, 3.63) is 65.2 Å². The summed E-state index contributed by atoms with van der Waals surface area (Å²) in [5, 5.41) is 0. The lowest BCUT2D eigenvalue weighted by molar-refractivity contribution is 0.0398. The normalized spacial score (nSPS) is 20.5. The molecular weight excluding hydrogens is 300 g/mol. The third-order valence-electron chi connectivity index (χ3n) is 5.08. The summed E-state index contributed by atoms with van der Waals surface area (Å²) in [6.07, 6.45) is 0.906. The third kappa shape index (κ3) is 2.67. The Kier molecular flexibility index (Phi) is 3.98. The van der Waals surface area contributed by atoms with Crippen LogP contribution in [0.1, 0.15) is 21.5 Å². The molecule has 0 saturated carbocycles. The van der Waals surface area contributed by atoms with Crippen LogP contribution in [-0.2, 0) is 13.0 Å². The minimum atomic E-state index is 0.123. The largest absolute Gasteiger partial charge is 0.496 e. The first-order chi connectivity index (χ1) is 11.8. The Bertz CT molecular complexity index is 745. The van der Waals surface area contributed by atoms with Crippen LogP contribution in [0.3, 0.4) is 0 Å². The molecule has 0 spiro atoms. The Morgan fingerprint density at radius 1 is 1.08 bits per heavy atom. The van der Waals surface area contributed by atoms with Crippen LogP contribution in [0.15, 0.2) is 48.5 Å². The second-order valence-corrected chi connectivity index (χ2v) is 6.57. The maximum Gasteiger partial charge on any atom is 0.258 e. The molecule has 1 fully saturated rings. The molecule has 4 rings (SSSR count). The van der Waals surface area contributed by atoms with E-state index in [0.717, 1.165) is 43.7 Å². The highest BCUT2D eigenvalue weighted by Gasteiger charge is 2.37. The van der Waals surface area contributed by atoms with Crippen molar-refractivity contribution in [2.24, 2.45) is 0 Å². The van der Waals surface area contributed by atoms with E-state index in [1.807, 2.05) is 23.1 Å². The fourth-order valence-corrected chi connectivity index (χ4v) is 3.90. The Morgan fingerprint density at radius 3 is 2.71 bits per heavy atom. The summed E-state index contributed by atoms with van der Waals surface area (Å²) in [6.45, 7) is 3.58. The maximum absolute atomic E-state index is 12.9. The van der Waals surface area contributed by atoms with E-state index in [0.29, 0.717) is 5.75 Å². The first-order valence-electron chi connectivity index (χ1n) is 8.49. The molecule has 2 aliphatic rings. The number of hydrogen-bond acceptors (Lipinski definition) is 3. The van der Waals surface area contributed by atoms with Crippen LogP contribution in [0, 0.1) is 0 Å². The van der Waals surface area contributed by atoms with Gasteiger partial charge in [0.25, 0.3) is 5.91 Å². The molecule has 2 aliphatic heterocycles. The van der Waals surface area contributed by atoms with Crippen molar-refractivity contribution in [3.63, 3.8) is 0 Å². The van der Waals surface area contributed by atoms with Gasteiger partial charge in [-0.15, -0.1) is 0 Å². The number of ether oxygens (including phenoxy) is 1. The number of hydrogen-bond donors (Lipinski definition) is 0. The van der Waals surface area contributed by atoms with Crippen molar-refractivity contribution < 1.29 is 9.53 Å². The Hall–Kier alpha value is -2.33. The Labute approximate surface area is 142 Å². The molecule has 4 heteroatoms. The van der Waals surface area contributed by atoms with E-state index >= 15 is 0 Å². The predicted molar refractivity (Wildman–Crippen MR) is 93.2 cm³/mol. The second kappa shape index (κ2) is 6.29. The van der Waals surface area contributed by atoms with Gasteiger partial charge in [-0.25, -0.2) is 0 Å². The predicted octanol–water partition coefficient (Wildman–Crippen LogP) is 2.58. The van der Waals surface area contributed by atoms with E-state index in [9.17, 15) is 4.79 Å². The van der Waals surface area contributed by atoms with Crippen molar-refractivity contribution in [1.82, 2.24) is 9.80 Å². The second-order valence-electron chi connectivity index (χ2n) is 6.57. The van der Waals surface area contributed by atoms with Gasteiger partial charge in [0.2, 0.25) is 0 Å². The lowest BCUT2D eigenvalue weighted by Gasteiger charge is -2.44. The van der Waals surface area contributed by atoms with Crippen molar-refractivity contribution in [2.45, 2.75) is 19.0 Å². The van der Waals surface area contributed by atoms with Crippen LogP contribution < -0.4 is 4.74 Å². The molecule has 1 saturated heterocycles. The standard InChI is InChI=1S/C20H22N2O2/c1-24-18-9-5-8-16-12-17-14-21(13-15-6-3-2-4-7-15)10-11-22(17)20(23)19(16)18/h2-9,17H,10-14H2,1H3/t17-/m1/s1. The summed E-state index contributed by atoms with van der Waals surface area (Å²) in [4.78, 5) is 17.4. The highest BCUT2D eigenvalue weighted by Crippen LogP contribution is 2.32. The number of methoxy groups -OCH3 is 1. The molecule has 2 aromatic carbocycles. The molecular formula is C20H22N2O2. The van der Waals surface area contributed by atoms with E-state index < -0.39 is 0 Å². The number of nitrogens with zero attached hydrogens (tertiary/aromatic N) is 2. The number of carbonyl (C=O) groups excluding carboxylic acids is 1. The number of piperazine rings is 1. The topological polar surface area (TPSA) is 32.8 Å². The summed E-state index contributed by atoms with van der Waals surface area (Å²) in [5.74, 6) is 0.820. The monoisotopic (exact) mass is 322 g/mol. The Morgan fingerprint density at radius 2 is 1.92 bits per heavy atom. The lowest BCUT2D eigenvalue weighted by Crippen LogP contribution is -2.57. The Balaban J connectivity index is 1.54. The summed E-state index contributed by atoms with van der Waals surface area (Å²) < 4.78 is 5.40. The number of rotatable bonds is 3. The fraction of sp³-hybridized carbons (Fsp3) is 0.350. The average Bonchev–Trinajstić information content (AvgIpc) is 2.62. The molecule has 4 nitrogen and oxygen atoms in total. The lowest BCUT2D eigenvalue weighted by atomic mass is 9.91. The molecule has 0 N–H and O–H groups in total. The van der Waals surface area contributed by atoms with Crippen LogP contribution >= 0.6 is 0 Å². The summed E-state index contributed by atoms with van der Waals surface area (Å²) in [5.41, 5.74) is 3.20. The van der Waals surface area contributed by atoms with Crippen LogP contribution in [0.4, 0.5) is 0 Å². The van der Waals surface area contributed by atoms with Gasteiger partial charge in [-0.1, -0.05) is 42.5 Å². The van der Waals surface area contributed by atoms with Crippen molar-refractivity contribution in [1.29, 1.82) is 0 Å². The van der Waals surface area contributed by atoms with Gasteiger partial charge >= 0.3 is 0 Å². The van der Waals surface area contributed by atoms with E-state index in [2.05, 4.69) is 35.2 Å². The summed E-state index contributed by atoms with van der Waals surface area (Å²) >= 11 is 0. The third-order valence-corrected chi connectivity index (χ3v) is 5.08. The molecule has 0 aliphatic carbocycles. The molecule has 0 radical (unpaired) electrons. The zero-order valence-electron chi connectivity index (χ0n) is 13.9. The van der Waals surface area contributed by atoms with E-state index in [1.165, 1.54) is 5.56 Å². The number of carbonyl (C=O) groups is 1. The van der Waals surface area contributed by atoms with Gasteiger partial charge in [0.05, 0.1) is 12.7 Å². The molecule has 0 unspecified atom stereocenters. The van der Waals surface area contributed by atoms with Gasteiger partial charge in [-0.05, 0) is 23.6 Å². The van der Waals surface area contributed by atoms with Gasteiger partial charge in [0.1, 0.15) is 5.75 Å². The smallest absolute Gasteiger partial charge is 0.258 e. The maximum atomic E-state index is 12.9. The van der Waals surface area contributed by atoms with Crippen LogP contribution in [0.5, 0.6) is 5.75 Å². The van der Waals surface area contributed by atoms with E-state index in [-0.39, 0.29) is 11.9 Å². The number of benzene rings is 2. The SMILES string of the molecule is COc1cccc2c1C(=O)N1CCN(Cc3ccccc3)C[C@H]1C2. The minimum Gasteiger partial charge on any atom is -0.496 e. The molecule has 2 aromatic rings. The molecule has 1 atom stereocenters. The van der Waals surface area contributed by atoms with Gasteiger partial charge < -0.3 is 9.64 Å². The van der Waals surface area contributed by atoms with Crippen LogP contribution in [-0.4, -0.2) is 48.5 Å². The number of amides is 1. The zero-order chi connectivity index (χ0) is 16.5. The van der Waals surface area contributed by atoms with Gasteiger partial charge in [0, 0.05) is 32.2 Å². The van der Waals surface area contributed by atoms with Gasteiger partial charge in [-0.3, -0.25) is 9.69 Å². The van der Waals surface area contributed by atoms with Crippen LogP contribution in [0.25, 0.3) is 0 Å². The van der Waals surface area contributed by atoms with Crippen molar-refractivity contribution in [2.75, 3.05) is 26.7 Å². The molecule has 2 heterocycles. The molecule has 24 heavy (non-hydrogen) atoms. The highest BCUT2D eigenvalue weighted by molar-refractivity contribution is 5.99. The molecule has 1 amide bonds. The summed E-state index contributed by atoms with van der Waals surface area (Å²) in [7, 11) is 1.63. The quantitative estimate of drug-likeness (QED) is 0.871. The van der Waals surface area contributed by atoms with Crippen LogP contribution in [0.2, 0.25) is 0 Å². The average molecular weight is 322 g/mol.